The van der Waals surface area contributed by atoms with Gasteiger partial charge in [0.25, 0.3) is 0 Å². The Morgan fingerprint density at radius 2 is 1.87 bits per heavy atom. The van der Waals surface area contributed by atoms with Crippen molar-refractivity contribution in [2.24, 2.45) is 5.92 Å². The van der Waals surface area contributed by atoms with E-state index in [1.54, 1.807) is 13.0 Å². The molecule has 0 atom stereocenters. The van der Waals surface area contributed by atoms with E-state index in [9.17, 15) is 4.79 Å². The van der Waals surface area contributed by atoms with Crippen LogP contribution in [0.3, 0.4) is 0 Å². The van der Waals surface area contributed by atoms with Gasteiger partial charge in [-0.3, -0.25) is 0 Å². The maximum absolute atomic E-state index is 11.4. The fourth-order valence-corrected chi connectivity index (χ4v) is 0.938. The molecule has 2 nitrogen and oxygen atoms in total. The number of hydrogen-bond donors (Lipinski definition) is 0. The highest BCUT2D eigenvalue weighted by molar-refractivity contribution is 5.88. The molecule has 0 aliphatic heterocycles. The molecule has 0 amide bonds. The summed E-state index contributed by atoms with van der Waals surface area (Å²) in [7, 11) is 0. The predicted molar refractivity (Wildman–Crippen MR) is 63.6 cm³/mol. The van der Waals surface area contributed by atoms with Crippen LogP contribution in [0.4, 0.5) is 0 Å². The lowest BCUT2D eigenvalue weighted by Gasteiger charge is -2.06. The van der Waals surface area contributed by atoms with E-state index < -0.39 is 0 Å². The van der Waals surface area contributed by atoms with Crippen molar-refractivity contribution >= 4 is 5.97 Å². The molecular formula is C13H22O2. The fourth-order valence-electron chi connectivity index (χ4n) is 0.938. The van der Waals surface area contributed by atoms with Crippen molar-refractivity contribution in [1.29, 1.82) is 0 Å². The van der Waals surface area contributed by atoms with Gasteiger partial charge in [0, 0.05) is 5.57 Å². The van der Waals surface area contributed by atoms with Crippen LogP contribution in [0.25, 0.3) is 0 Å². The second-order valence-corrected chi connectivity index (χ2v) is 4.36. The van der Waals surface area contributed by atoms with Gasteiger partial charge in [0.2, 0.25) is 0 Å². The number of esters is 1. The van der Waals surface area contributed by atoms with Crippen LogP contribution >= 0.6 is 0 Å². The van der Waals surface area contributed by atoms with Gasteiger partial charge in [-0.05, 0) is 33.1 Å². The van der Waals surface area contributed by atoms with Gasteiger partial charge in [-0.2, -0.15) is 0 Å². The molecule has 0 bridgehead atoms. The number of carbonyl (C=O) groups excluding carboxylic acids is 1. The van der Waals surface area contributed by atoms with E-state index in [-0.39, 0.29) is 12.1 Å². The van der Waals surface area contributed by atoms with Crippen molar-refractivity contribution in [3.63, 3.8) is 0 Å². The largest absolute Gasteiger partial charge is 0.460 e. The highest BCUT2D eigenvalue weighted by atomic mass is 16.5. The zero-order valence-electron chi connectivity index (χ0n) is 10.4. The van der Waals surface area contributed by atoms with E-state index in [0.29, 0.717) is 11.5 Å². The van der Waals surface area contributed by atoms with Gasteiger partial charge >= 0.3 is 5.97 Å². The van der Waals surface area contributed by atoms with Crippen molar-refractivity contribution in [1.82, 2.24) is 0 Å². The number of rotatable bonds is 5. The average molecular weight is 210 g/mol. The first-order valence-corrected chi connectivity index (χ1v) is 5.48. The molecule has 0 saturated heterocycles. The summed E-state index contributed by atoms with van der Waals surface area (Å²) in [5.41, 5.74) is 0.642. The van der Waals surface area contributed by atoms with Crippen LogP contribution in [-0.4, -0.2) is 12.1 Å². The van der Waals surface area contributed by atoms with Gasteiger partial charge in [-0.15, -0.1) is 0 Å². The summed E-state index contributed by atoms with van der Waals surface area (Å²) in [6.07, 6.45) is 6.75. The normalized spacial score (nSPS) is 12.9. The Bertz CT molecular complexity index is 247. The number of carbonyl (C=O) groups is 1. The van der Waals surface area contributed by atoms with Gasteiger partial charge in [0.1, 0.15) is 0 Å². The molecule has 0 aromatic carbocycles. The lowest BCUT2D eigenvalue weighted by Crippen LogP contribution is -2.11. The molecule has 2 heteroatoms. The predicted octanol–water partition coefficient (Wildman–Crippen LogP) is 3.49. The van der Waals surface area contributed by atoms with Crippen molar-refractivity contribution < 1.29 is 9.53 Å². The molecule has 15 heavy (non-hydrogen) atoms. The molecule has 0 aliphatic carbocycles. The first-order chi connectivity index (χ1) is 6.93. The zero-order valence-corrected chi connectivity index (χ0v) is 10.4. The minimum absolute atomic E-state index is 0.0551. The second kappa shape index (κ2) is 7.27. The summed E-state index contributed by atoms with van der Waals surface area (Å²) >= 11 is 0. The van der Waals surface area contributed by atoms with Crippen molar-refractivity contribution in [2.45, 2.75) is 47.1 Å². The van der Waals surface area contributed by atoms with Gasteiger partial charge in [0.15, 0.2) is 0 Å². The molecule has 86 valence electrons. The summed E-state index contributed by atoms with van der Waals surface area (Å²) in [5.74, 6) is 0.414. The van der Waals surface area contributed by atoms with Gasteiger partial charge < -0.3 is 4.74 Å². The van der Waals surface area contributed by atoms with E-state index in [0.717, 1.165) is 6.42 Å². The molecule has 0 radical (unpaired) electrons. The van der Waals surface area contributed by atoms with E-state index >= 15 is 0 Å². The maximum Gasteiger partial charge on any atom is 0.333 e. The van der Waals surface area contributed by atoms with Gasteiger partial charge in [-0.1, -0.05) is 32.1 Å². The zero-order chi connectivity index (χ0) is 11.8. The van der Waals surface area contributed by atoms with Crippen molar-refractivity contribution in [2.75, 3.05) is 0 Å². The van der Waals surface area contributed by atoms with E-state index in [2.05, 4.69) is 19.9 Å². The summed E-state index contributed by atoms with van der Waals surface area (Å²) in [6.45, 7) is 9.78. The molecular weight excluding hydrogens is 188 g/mol. The minimum atomic E-state index is -0.237. The Hall–Kier alpha value is -1.05. The Labute approximate surface area is 93.0 Å². The molecule has 0 rings (SSSR count). The average Bonchev–Trinajstić information content (AvgIpc) is 2.10. The van der Waals surface area contributed by atoms with Crippen LogP contribution in [0.15, 0.2) is 23.8 Å². The SMILES string of the molecule is CC(=CC=CCC(C)C)C(=O)OC(C)C. The lowest BCUT2D eigenvalue weighted by atomic mass is 10.1. The first kappa shape index (κ1) is 13.9. The van der Waals surface area contributed by atoms with Crippen molar-refractivity contribution in [3.05, 3.63) is 23.8 Å². The molecule has 0 N–H and O–H groups in total. The van der Waals surface area contributed by atoms with E-state index in [1.807, 2.05) is 19.9 Å². The Morgan fingerprint density at radius 1 is 1.27 bits per heavy atom. The van der Waals surface area contributed by atoms with Gasteiger partial charge in [0.05, 0.1) is 6.10 Å². The van der Waals surface area contributed by atoms with Crippen LogP contribution in [0.5, 0.6) is 0 Å². The van der Waals surface area contributed by atoms with Crippen LogP contribution in [-0.2, 0) is 9.53 Å². The third kappa shape index (κ3) is 7.98. The van der Waals surface area contributed by atoms with Crippen LogP contribution in [0.1, 0.15) is 41.0 Å². The van der Waals surface area contributed by atoms with Gasteiger partial charge in [-0.25, -0.2) is 4.79 Å². The Kier molecular flexibility index (Phi) is 6.76. The Balaban J connectivity index is 4.08. The van der Waals surface area contributed by atoms with Crippen LogP contribution in [0.2, 0.25) is 0 Å². The Morgan fingerprint density at radius 3 is 2.33 bits per heavy atom. The number of allylic oxidation sites excluding steroid dienone is 3. The first-order valence-electron chi connectivity index (χ1n) is 5.48. The molecule has 0 saturated carbocycles. The summed E-state index contributed by atoms with van der Waals surface area (Å²) in [4.78, 5) is 11.4. The lowest BCUT2D eigenvalue weighted by molar-refractivity contribution is -0.142. The molecule has 0 heterocycles. The summed E-state index contributed by atoms with van der Waals surface area (Å²) in [6, 6.07) is 0. The molecule has 0 aromatic rings. The van der Waals surface area contributed by atoms with Crippen LogP contribution in [0, 0.1) is 5.92 Å². The monoisotopic (exact) mass is 210 g/mol. The summed E-state index contributed by atoms with van der Waals surface area (Å²) in [5, 5.41) is 0. The minimum Gasteiger partial charge on any atom is -0.460 e. The number of ether oxygens (including phenoxy) is 1. The fraction of sp³-hybridized carbons (Fsp3) is 0.615. The highest BCUT2D eigenvalue weighted by Crippen LogP contribution is 2.03. The van der Waals surface area contributed by atoms with E-state index in [1.165, 1.54) is 0 Å². The second-order valence-electron chi connectivity index (χ2n) is 4.36. The summed E-state index contributed by atoms with van der Waals surface area (Å²) < 4.78 is 5.05. The number of hydrogen-bond acceptors (Lipinski definition) is 2. The van der Waals surface area contributed by atoms with Crippen LogP contribution < -0.4 is 0 Å². The third-order valence-electron chi connectivity index (χ3n) is 1.75. The maximum atomic E-state index is 11.4. The topological polar surface area (TPSA) is 26.3 Å². The molecule has 0 unspecified atom stereocenters. The third-order valence-corrected chi connectivity index (χ3v) is 1.75. The highest BCUT2D eigenvalue weighted by Gasteiger charge is 2.05. The standard InChI is InChI=1S/C13H22O2/c1-10(2)8-6-7-9-12(5)13(14)15-11(3)4/h6-7,9-11H,8H2,1-5H3. The van der Waals surface area contributed by atoms with E-state index in [4.69, 9.17) is 4.74 Å². The molecule has 0 fully saturated rings. The smallest absolute Gasteiger partial charge is 0.333 e. The molecule has 0 spiro atoms. The molecule has 0 aromatic heterocycles. The quantitative estimate of drug-likeness (QED) is 0.394. The molecule has 0 aliphatic rings. The van der Waals surface area contributed by atoms with Crippen molar-refractivity contribution in [3.8, 4) is 0 Å².